The van der Waals surface area contributed by atoms with E-state index in [-0.39, 0.29) is 11.9 Å². The van der Waals surface area contributed by atoms with Gasteiger partial charge in [0.2, 0.25) is 5.95 Å². The maximum absolute atomic E-state index is 13.0. The van der Waals surface area contributed by atoms with Crippen molar-refractivity contribution in [2.24, 2.45) is 0 Å². The van der Waals surface area contributed by atoms with Gasteiger partial charge in [-0.1, -0.05) is 25.3 Å². The van der Waals surface area contributed by atoms with Gasteiger partial charge in [-0.2, -0.15) is 13.2 Å². The van der Waals surface area contributed by atoms with E-state index in [1.807, 2.05) is 19.1 Å². The molecule has 0 aliphatic heterocycles. The predicted molar refractivity (Wildman–Crippen MR) is 124 cm³/mol. The van der Waals surface area contributed by atoms with E-state index in [1.165, 1.54) is 11.3 Å². The van der Waals surface area contributed by atoms with Gasteiger partial charge in [0.05, 0.1) is 11.5 Å². The maximum atomic E-state index is 13.0. The van der Waals surface area contributed by atoms with Crippen LogP contribution >= 0.6 is 11.3 Å². The third kappa shape index (κ3) is 5.06. The smallest absolute Gasteiger partial charge is 0.433 e. The Balaban J connectivity index is 1.63. The molecule has 0 amide bonds. The van der Waals surface area contributed by atoms with Crippen LogP contribution in [0.2, 0.25) is 0 Å². The Morgan fingerprint density at radius 1 is 1.18 bits per heavy atom. The number of hydrogen-bond acceptors (Lipinski definition) is 7. The molecule has 180 valence electrons. The zero-order valence-corrected chi connectivity index (χ0v) is 19.7. The monoisotopic (exact) mass is 490 g/mol. The summed E-state index contributed by atoms with van der Waals surface area (Å²) < 4.78 is 44.4. The number of esters is 1. The number of carbonyl (C=O) groups is 1. The molecule has 3 aromatic rings. The van der Waals surface area contributed by atoms with Crippen LogP contribution in [0.5, 0.6) is 0 Å². The van der Waals surface area contributed by atoms with Crippen molar-refractivity contribution in [3.8, 4) is 10.4 Å². The van der Waals surface area contributed by atoms with Gasteiger partial charge in [-0.3, -0.25) is 4.79 Å². The highest BCUT2D eigenvalue weighted by Gasteiger charge is 2.45. The van der Waals surface area contributed by atoms with Gasteiger partial charge in [-0.25, -0.2) is 15.0 Å². The van der Waals surface area contributed by atoms with Gasteiger partial charge in [0.15, 0.2) is 0 Å². The Labute approximate surface area is 199 Å². The highest BCUT2D eigenvalue weighted by atomic mass is 32.1. The van der Waals surface area contributed by atoms with Gasteiger partial charge >= 0.3 is 12.1 Å². The van der Waals surface area contributed by atoms with Crippen LogP contribution in [-0.2, 0) is 21.1 Å². The molecule has 1 fully saturated rings. The van der Waals surface area contributed by atoms with Gasteiger partial charge in [0, 0.05) is 18.1 Å². The lowest BCUT2D eigenvalue weighted by Crippen LogP contribution is -2.39. The second-order valence-electron chi connectivity index (χ2n) is 8.37. The Morgan fingerprint density at radius 2 is 1.94 bits per heavy atom. The summed E-state index contributed by atoms with van der Waals surface area (Å²) in [7, 11) is 0. The lowest BCUT2D eigenvalue weighted by Gasteiger charge is -2.32. The summed E-state index contributed by atoms with van der Waals surface area (Å²) in [5.74, 6) is -0.358. The number of benzene rings is 1. The number of rotatable bonds is 6. The number of aryl methyl sites for hydroxylation is 1. The Kier molecular flexibility index (Phi) is 6.88. The maximum Gasteiger partial charge on any atom is 0.433 e. The summed E-state index contributed by atoms with van der Waals surface area (Å²) in [6, 6.07) is 6.41. The second-order valence-corrected chi connectivity index (χ2v) is 9.40. The van der Waals surface area contributed by atoms with E-state index in [4.69, 9.17) is 4.74 Å². The predicted octanol–water partition coefficient (Wildman–Crippen LogP) is 6.44. The lowest BCUT2D eigenvalue weighted by atomic mass is 9.74. The second kappa shape index (κ2) is 9.69. The number of hydrogen-bond donors (Lipinski definition) is 1. The molecule has 10 heteroatoms. The molecule has 2 heterocycles. The first-order valence-electron chi connectivity index (χ1n) is 11.1. The lowest BCUT2D eigenvalue weighted by molar-refractivity contribution is -0.151. The summed E-state index contributed by atoms with van der Waals surface area (Å²) in [5.41, 5.74) is 0.574. The number of aromatic nitrogens is 3. The van der Waals surface area contributed by atoms with Crippen LogP contribution in [0.1, 0.15) is 55.3 Å². The molecule has 0 spiro atoms. The molecule has 1 aliphatic rings. The number of nitrogens with one attached hydrogen (secondary N) is 1. The Bertz CT molecular complexity index is 1170. The highest BCUT2D eigenvalue weighted by molar-refractivity contribution is 7.15. The molecule has 0 atom stereocenters. The fraction of sp³-hybridized carbons (Fsp3) is 0.417. The first kappa shape index (κ1) is 24.1. The van der Waals surface area contributed by atoms with E-state index < -0.39 is 17.3 Å². The van der Waals surface area contributed by atoms with Gasteiger partial charge in [0.25, 0.3) is 0 Å². The molecule has 6 nitrogen and oxygen atoms in total. The fourth-order valence-corrected chi connectivity index (χ4v) is 5.40. The largest absolute Gasteiger partial charge is 0.465 e. The van der Waals surface area contributed by atoms with Gasteiger partial charge in [-0.15, -0.1) is 11.3 Å². The number of carbonyl (C=O) groups excluding carboxylic acids is 1. The van der Waals surface area contributed by atoms with Crippen LogP contribution in [0.4, 0.5) is 24.8 Å². The van der Waals surface area contributed by atoms with Crippen molar-refractivity contribution < 1.29 is 22.7 Å². The zero-order chi connectivity index (χ0) is 24.3. The van der Waals surface area contributed by atoms with Crippen LogP contribution in [0, 0.1) is 6.92 Å². The van der Waals surface area contributed by atoms with Crippen LogP contribution in [0.15, 0.2) is 36.7 Å². The molecule has 0 radical (unpaired) electrons. The molecule has 1 aliphatic carbocycles. The minimum atomic E-state index is -4.55. The zero-order valence-electron chi connectivity index (χ0n) is 18.9. The van der Waals surface area contributed by atoms with Crippen molar-refractivity contribution in [2.45, 2.75) is 57.5 Å². The Hall–Kier alpha value is -3.01. The van der Waals surface area contributed by atoms with E-state index in [0.717, 1.165) is 52.5 Å². The third-order valence-electron chi connectivity index (χ3n) is 5.85. The number of nitrogens with zero attached hydrogens (tertiary/aromatic N) is 3. The van der Waals surface area contributed by atoms with Crippen LogP contribution in [0.3, 0.4) is 0 Å². The topological polar surface area (TPSA) is 77.0 Å². The first-order valence-corrected chi connectivity index (χ1v) is 12.0. The standard InChI is InChI=1S/C24H25F3N4O2S/c1-3-33-21(32)23(8-5-4-6-9-23)20-29-14-18(34-20)16-11-15(2)12-17(13-16)30-22-28-10-7-19(31-22)24(25,26)27/h7,10-14H,3-6,8-9H2,1-2H3,(H,28,30,31). The summed E-state index contributed by atoms with van der Waals surface area (Å²) >= 11 is 1.46. The van der Waals surface area contributed by atoms with Crippen LogP contribution in [0.25, 0.3) is 10.4 Å². The van der Waals surface area contributed by atoms with Crippen molar-refractivity contribution in [1.29, 1.82) is 0 Å². The van der Waals surface area contributed by atoms with E-state index in [1.54, 1.807) is 19.2 Å². The average molecular weight is 491 g/mol. The van der Waals surface area contributed by atoms with E-state index in [9.17, 15) is 18.0 Å². The average Bonchev–Trinajstić information content (AvgIpc) is 3.30. The third-order valence-corrected chi connectivity index (χ3v) is 7.10. The van der Waals surface area contributed by atoms with E-state index >= 15 is 0 Å². The SMILES string of the molecule is CCOC(=O)C1(c2ncc(-c3cc(C)cc(Nc4nccc(C(F)(F)F)n4)c3)s2)CCCCC1. The molecule has 1 N–H and O–H groups in total. The molecular weight excluding hydrogens is 465 g/mol. The van der Waals surface area contributed by atoms with Crippen molar-refractivity contribution in [2.75, 3.05) is 11.9 Å². The minimum absolute atomic E-state index is 0.139. The van der Waals surface area contributed by atoms with Crippen molar-refractivity contribution in [1.82, 2.24) is 15.0 Å². The van der Waals surface area contributed by atoms with Gasteiger partial charge in [-0.05, 0) is 56.0 Å². The number of thiazole rings is 1. The molecule has 1 saturated carbocycles. The van der Waals surface area contributed by atoms with Crippen LogP contribution in [-0.4, -0.2) is 27.5 Å². The molecule has 2 aromatic heterocycles. The summed E-state index contributed by atoms with van der Waals surface area (Å²) in [6.45, 7) is 4.02. The Morgan fingerprint density at radius 3 is 2.65 bits per heavy atom. The molecule has 0 saturated heterocycles. The quantitative estimate of drug-likeness (QED) is 0.401. The number of alkyl halides is 3. The van der Waals surface area contributed by atoms with Crippen molar-refractivity contribution in [3.05, 3.63) is 52.9 Å². The van der Waals surface area contributed by atoms with Crippen molar-refractivity contribution in [3.63, 3.8) is 0 Å². The minimum Gasteiger partial charge on any atom is -0.465 e. The van der Waals surface area contributed by atoms with Crippen LogP contribution < -0.4 is 5.32 Å². The molecule has 0 unspecified atom stereocenters. The molecule has 34 heavy (non-hydrogen) atoms. The summed E-state index contributed by atoms with van der Waals surface area (Å²) in [4.78, 5) is 25.9. The first-order chi connectivity index (χ1) is 16.2. The van der Waals surface area contributed by atoms with Gasteiger partial charge in [0.1, 0.15) is 16.1 Å². The molecule has 1 aromatic carbocycles. The van der Waals surface area contributed by atoms with Gasteiger partial charge < -0.3 is 10.1 Å². The summed E-state index contributed by atoms with van der Waals surface area (Å²) in [5, 5.41) is 3.62. The fourth-order valence-electron chi connectivity index (χ4n) is 4.26. The van der Waals surface area contributed by atoms with E-state index in [0.29, 0.717) is 25.1 Å². The highest BCUT2D eigenvalue weighted by Crippen LogP contribution is 2.44. The van der Waals surface area contributed by atoms with Crippen molar-refractivity contribution >= 4 is 28.9 Å². The molecular formula is C24H25F3N4O2S. The molecule has 0 bridgehead atoms. The summed E-state index contributed by atoms with van der Waals surface area (Å²) in [6.07, 6.45) is 2.68. The number of halogens is 3. The number of anilines is 2. The van der Waals surface area contributed by atoms with E-state index in [2.05, 4.69) is 20.3 Å². The number of ether oxygens (including phenoxy) is 1. The molecule has 4 rings (SSSR count). The normalized spacial score (nSPS) is 15.7.